The maximum atomic E-state index is 12.0. The Bertz CT molecular complexity index is 1410. The number of para-hydroxylation sites is 1. The number of carboxylic acid groups (broad SMARTS) is 1. The lowest BCUT2D eigenvalue weighted by Crippen LogP contribution is -2.04. The summed E-state index contributed by atoms with van der Waals surface area (Å²) in [6, 6.07) is 22.3. The van der Waals surface area contributed by atoms with Gasteiger partial charge in [0.05, 0.1) is 23.8 Å². The number of hydrogen-bond acceptors (Lipinski definition) is 5. The molecule has 158 valence electrons. The second-order valence-corrected chi connectivity index (χ2v) is 7.34. The van der Waals surface area contributed by atoms with Gasteiger partial charge in [0.2, 0.25) is 0 Å². The Morgan fingerprint density at radius 3 is 2.59 bits per heavy atom. The van der Waals surface area contributed by atoms with Crippen LogP contribution in [0.2, 0.25) is 0 Å². The quantitative estimate of drug-likeness (QED) is 0.384. The van der Waals surface area contributed by atoms with Crippen LogP contribution in [0.15, 0.2) is 83.5 Å². The number of rotatable bonds is 6. The first kappa shape index (κ1) is 19.6. The van der Waals surface area contributed by atoms with Crippen molar-refractivity contribution < 1.29 is 19.1 Å². The number of carboxylic acids is 1. The molecule has 5 aromatic rings. The number of aromatic carboxylic acids is 1. The van der Waals surface area contributed by atoms with E-state index >= 15 is 0 Å². The molecular weight excluding hydrogens is 406 g/mol. The summed E-state index contributed by atoms with van der Waals surface area (Å²) in [7, 11) is 0. The average molecular weight is 425 g/mol. The molecule has 0 radical (unpaired) electrons. The third-order valence-corrected chi connectivity index (χ3v) is 5.18. The highest BCUT2D eigenvalue weighted by Crippen LogP contribution is 2.28. The molecule has 0 saturated carbocycles. The van der Waals surface area contributed by atoms with Crippen molar-refractivity contribution in [3.8, 4) is 23.0 Å². The van der Waals surface area contributed by atoms with Crippen molar-refractivity contribution in [1.82, 2.24) is 14.8 Å². The smallest absolute Gasteiger partial charge is 0.336 e. The number of benzene rings is 2. The van der Waals surface area contributed by atoms with Gasteiger partial charge >= 0.3 is 5.97 Å². The molecule has 7 nitrogen and oxygen atoms in total. The largest absolute Gasteiger partial charge is 0.478 e. The molecule has 0 aliphatic carbocycles. The lowest BCUT2D eigenvalue weighted by Gasteiger charge is -2.09. The Labute approximate surface area is 183 Å². The Hall–Kier alpha value is -4.39. The number of fused-ring (bicyclic) bond motifs is 1. The molecule has 1 N–H and O–H groups in total. The van der Waals surface area contributed by atoms with E-state index in [0.29, 0.717) is 34.8 Å². The van der Waals surface area contributed by atoms with E-state index in [1.165, 1.54) is 12.3 Å². The maximum absolute atomic E-state index is 12.0. The standard InChI is InChI=1S/C25H19N3O4/c1-16-23-20(25(29)30)14-21(22-11-6-12-31-22)26-24(23)27-28(16)15-17-7-5-10-19(13-17)32-18-8-3-2-4-9-18/h2-14H,15H2,1H3,(H,29,30). The lowest BCUT2D eigenvalue weighted by molar-refractivity contribution is 0.0699. The Kier molecular flexibility index (Phi) is 4.91. The van der Waals surface area contributed by atoms with Crippen LogP contribution in [0, 0.1) is 6.92 Å². The summed E-state index contributed by atoms with van der Waals surface area (Å²) in [6.07, 6.45) is 1.52. The van der Waals surface area contributed by atoms with Crippen LogP contribution in [0.3, 0.4) is 0 Å². The van der Waals surface area contributed by atoms with Gasteiger partial charge in [-0.1, -0.05) is 30.3 Å². The van der Waals surface area contributed by atoms with E-state index in [0.717, 1.165) is 17.0 Å². The first-order valence-corrected chi connectivity index (χ1v) is 10.1. The van der Waals surface area contributed by atoms with Gasteiger partial charge in [0, 0.05) is 5.69 Å². The summed E-state index contributed by atoms with van der Waals surface area (Å²) < 4.78 is 13.1. The van der Waals surface area contributed by atoms with Crippen molar-refractivity contribution in [2.45, 2.75) is 13.5 Å². The number of carbonyl (C=O) groups is 1. The summed E-state index contributed by atoms with van der Waals surface area (Å²) >= 11 is 0. The van der Waals surface area contributed by atoms with Gasteiger partial charge < -0.3 is 14.3 Å². The van der Waals surface area contributed by atoms with E-state index < -0.39 is 5.97 Å². The fraction of sp³-hybridized carbons (Fsp3) is 0.0800. The van der Waals surface area contributed by atoms with Crippen LogP contribution in [0.25, 0.3) is 22.5 Å². The van der Waals surface area contributed by atoms with Gasteiger partial charge in [-0.3, -0.25) is 4.68 Å². The number of pyridine rings is 1. The molecule has 0 aliphatic rings. The zero-order valence-corrected chi connectivity index (χ0v) is 17.2. The molecule has 7 heteroatoms. The number of aromatic nitrogens is 3. The van der Waals surface area contributed by atoms with Gasteiger partial charge in [0.15, 0.2) is 11.4 Å². The van der Waals surface area contributed by atoms with Crippen LogP contribution in [0.4, 0.5) is 0 Å². The molecule has 5 rings (SSSR count). The monoisotopic (exact) mass is 425 g/mol. The highest BCUT2D eigenvalue weighted by Gasteiger charge is 2.20. The first-order chi connectivity index (χ1) is 15.6. The lowest BCUT2D eigenvalue weighted by atomic mass is 10.1. The van der Waals surface area contributed by atoms with Gasteiger partial charge in [0.1, 0.15) is 17.2 Å². The highest BCUT2D eigenvalue weighted by atomic mass is 16.5. The fourth-order valence-corrected chi connectivity index (χ4v) is 3.66. The van der Waals surface area contributed by atoms with E-state index in [9.17, 15) is 9.90 Å². The Balaban J connectivity index is 1.51. The molecule has 32 heavy (non-hydrogen) atoms. The van der Waals surface area contributed by atoms with Gasteiger partial charge in [-0.25, -0.2) is 9.78 Å². The van der Waals surface area contributed by atoms with Crippen molar-refractivity contribution in [2.75, 3.05) is 0 Å². The Morgan fingerprint density at radius 2 is 1.84 bits per heavy atom. The average Bonchev–Trinajstić information content (AvgIpc) is 3.43. The topological polar surface area (TPSA) is 90.4 Å². The number of furan rings is 1. The minimum atomic E-state index is -1.04. The second-order valence-electron chi connectivity index (χ2n) is 7.34. The summed E-state index contributed by atoms with van der Waals surface area (Å²) in [5.41, 5.74) is 2.64. The SMILES string of the molecule is Cc1c2c(C(=O)O)cc(-c3ccco3)nc2nn1Cc1cccc(Oc2ccccc2)c1. The van der Waals surface area contributed by atoms with Crippen LogP contribution in [-0.4, -0.2) is 25.8 Å². The number of aryl methyl sites for hydroxylation is 1. The molecule has 3 heterocycles. The predicted octanol–water partition coefficient (Wildman–Crippen LogP) is 5.54. The van der Waals surface area contributed by atoms with E-state index in [2.05, 4.69) is 10.1 Å². The van der Waals surface area contributed by atoms with Crippen molar-refractivity contribution >= 4 is 17.0 Å². The molecule has 0 spiro atoms. The zero-order valence-electron chi connectivity index (χ0n) is 17.2. The normalized spacial score (nSPS) is 11.0. The number of ether oxygens (including phenoxy) is 1. The summed E-state index contributed by atoms with van der Waals surface area (Å²) in [6.45, 7) is 2.30. The summed E-state index contributed by atoms with van der Waals surface area (Å²) in [5, 5.41) is 14.9. The van der Waals surface area contributed by atoms with Gasteiger partial charge in [0.25, 0.3) is 0 Å². The molecule has 0 saturated heterocycles. The van der Waals surface area contributed by atoms with Crippen LogP contribution in [-0.2, 0) is 6.54 Å². The molecule has 0 unspecified atom stereocenters. The van der Waals surface area contributed by atoms with Gasteiger partial charge in [-0.05, 0) is 55.0 Å². The first-order valence-electron chi connectivity index (χ1n) is 10.1. The maximum Gasteiger partial charge on any atom is 0.336 e. The van der Waals surface area contributed by atoms with E-state index in [-0.39, 0.29) is 5.56 Å². The molecule has 0 atom stereocenters. The van der Waals surface area contributed by atoms with Crippen LogP contribution >= 0.6 is 0 Å². The van der Waals surface area contributed by atoms with Gasteiger partial charge in [-0.2, -0.15) is 5.10 Å². The molecule has 2 aromatic carbocycles. The Morgan fingerprint density at radius 1 is 1.03 bits per heavy atom. The molecule has 0 fully saturated rings. The fourth-order valence-electron chi connectivity index (χ4n) is 3.66. The van der Waals surface area contributed by atoms with Crippen molar-refractivity contribution in [1.29, 1.82) is 0 Å². The number of nitrogens with zero attached hydrogens (tertiary/aromatic N) is 3. The van der Waals surface area contributed by atoms with E-state index in [1.807, 2.05) is 61.5 Å². The third kappa shape index (κ3) is 3.72. The van der Waals surface area contributed by atoms with Gasteiger partial charge in [-0.15, -0.1) is 0 Å². The highest BCUT2D eigenvalue weighted by molar-refractivity contribution is 6.03. The third-order valence-electron chi connectivity index (χ3n) is 5.18. The summed E-state index contributed by atoms with van der Waals surface area (Å²) in [4.78, 5) is 16.5. The summed E-state index contributed by atoms with van der Waals surface area (Å²) in [5.74, 6) is 0.928. The second kappa shape index (κ2) is 8.03. The minimum Gasteiger partial charge on any atom is -0.478 e. The van der Waals surface area contributed by atoms with Crippen LogP contribution in [0.1, 0.15) is 21.6 Å². The van der Waals surface area contributed by atoms with Crippen molar-refractivity contribution in [2.24, 2.45) is 0 Å². The van der Waals surface area contributed by atoms with Crippen LogP contribution in [0.5, 0.6) is 11.5 Å². The molecule has 0 amide bonds. The molecule has 3 aromatic heterocycles. The van der Waals surface area contributed by atoms with E-state index in [4.69, 9.17) is 9.15 Å². The zero-order chi connectivity index (χ0) is 22.1. The van der Waals surface area contributed by atoms with Crippen molar-refractivity contribution in [3.63, 3.8) is 0 Å². The number of hydrogen-bond donors (Lipinski definition) is 1. The molecular formula is C25H19N3O4. The van der Waals surface area contributed by atoms with E-state index in [1.54, 1.807) is 16.8 Å². The van der Waals surface area contributed by atoms with Crippen LogP contribution < -0.4 is 4.74 Å². The van der Waals surface area contributed by atoms with Crippen molar-refractivity contribution in [3.05, 3.63) is 95.9 Å². The molecule has 0 aliphatic heterocycles. The predicted molar refractivity (Wildman–Crippen MR) is 119 cm³/mol. The minimum absolute atomic E-state index is 0.145. The molecule has 0 bridgehead atoms.